The van der Waals surface area contributed by atoms with Gasteiger partial charge in [-0.2, -0.15) is 0 Å². The van der Waals surface area contributed by atoms with Crippen molar-refractivity contribution in [1.29, 1.82) is 0 Å². The normalized spacial score (nSPS) is 10.4. The Labute approximate surface area is 128 Å². The van der Waals surface area contributed by atoms with E-state index in [-0.39, 0.29) is 11.7 Å². The molecule has 2 rings (SSSR count). The zero-order chi connectivity index (χ0) is 15.4. The molecule has 3 N–H and O–H groups in total. The number of rotatable bonds is 4. The third-order valence-corrected chi connectivity index (χ3v) is 4.03. The van der Waals surface area contributed by atoms with Crippen LogP contribution < -0.4 is 11.1 Å². The van der Waals surface area contributed by atoms with Crippen LogP contribution in [0.25, 0.3) is 0 Å². The van der Waals surface area contributed by atoms with E-state index in [1.165, 1.54) is 11.8 Å². The molecule has 6 heteroatoms. The summed E-state index contributed by atoms with van der Waals surface area (Å²) in [5.41, 5.74) is 9.93. The van der Waals surface area contributed by atoms with E-state index in [0.29, 0.717) is 16.5 Å². The molecule has 0 unspecified atom stereocenters. The van der Waals surface area contributed by atoms with Crippen LogP contribution in [0.5, 0.6) is 0 Å². The maximum atomic E-state index is 11.9. The van der Waals surface area contributed by atoms with Crippen LogP contribution in [0.3, 0.4) is 0 Å². The van der Waals surface area contributed by atoms with E-state index in [1.54, 1.807) is 12.1 Å². The largest absolute Gasteiger partial charge is 0.397 e. The monoisotopic (exact) mass is 302 g/mol. The molecule has 21 heavy (non-hydrogen) atoms. The van der Waals surface area contributed by atoms with Crippen LogP contribution in [0.2, 0.25) is 0 Å². The van der Waals surface area contributed by atoms with Gasteiger partial charge in [-0.25, -0.2) is 9.97 Å². The second-order valence-corrected chi connectivity index (χ2v) is 5.67. The van der Waals surface area contributed by atoms with Crippen molar-refractivity contribution in [3.05, 3.63) is 41.2 Å². The fourth-order valence-corrected chi connectivity index (χ4v) is 2.47. The topological polar surface area (TPSA) is 80.9 Å². The van der Waals surface area contributed by atoms with E-state index in [2.05, 4.69) is 15.3 Å². The predicted molar refractivity (Wildman–Crippen MR) is 86.5 cm³/mol. The van der Waals surface area contributed by atoms with Gasteiger partial charge in [-0.15, -0.1) is 0 Å². The number of aryl methyl sites for hydroxylation is 2. The third-order valence-electron chi connectivity index (χ3n) is 3.18. The number of benzene rings is 1. The number of thioether (sulfide) groups is 1. The van der Waals surface area contributed by atoms with Gasteiger partial charge in [-0.05, 0) is 38.5 Å². The average molecular weight is 302 g/mol. The van der Waals surface area contributed by atoms with Gasteiger partial charge in [-0.1, -0.05) is 23.9 Å². The number of hydrogen-bond acceptors (Lipinski definition) is 5. The number of amides is 1. The quantitative estimate of drug-likeness (QED) is 0.515. The lowest BCUT2D eigenvalue weighted by Crippen LogP contribution is -2.15. The van der Waals surface area contributed by atoms with Crippen LogP contribution in [-0.4, -0.2) is 21.6 Å². The maximum Gasteiger partial charge on any atom is 0.234 e. The van der Waals surface area contributed by atoms with Crippen molar-refractivity contribution in [2.45, 2.75) is 25.9 Å². The highest BCUT2D eigenvalue weighted by Gasteiger charge is 2.09. The Morgan fingerprint density at radius 2 is 1.81 bits per heavy atom. The molecule has 1 heterocycles. The van der Waals surface area contributed by atoms with E-state index in [9.17, 15) is 4.79 Å². The molecule has 0 saturated carbocycles. The molecule has 0 aliphatic rings. The van der Waals surface area contributed by atoms with Crippen molar-refractivity contribution >= 4 is 29.0 Å². The number of carbonyl (C=O) groups excluding carboxylic acids is 1. The summed E-state index contributed by atoms with van der Waals surface area (Å²) >= 11 is 1.32. The smallest absolute Gasteiger partial charge is 0.234 e. The average Bonchev–Trinajstić information content (AvgIpc) is 2.45. The lowest BCUT2D eigenvalue weighted by molar-refractivity contribution is -0.113. The second kappa shape index (κ2) is 6.58. The number of hydrogen-bond donors (Lipinski definition) is 2. The summed E-state index contributed by atoms with van der Waals surface area (Å²) < 4.78 is 0. The molecule has 5 nitrogen and oxygen atoms in total. The lowest BCUT2D eigenvalue weighted by atomic mass is 10.2. The highest BCUT2D eigenvalue weighted by molar-refractivity contribution is 7.99. The van der Waals surface area contributed by atoms with Crippen LogP contribution in [0.1, 0.15) is 17.0 Å². The molecule has 0 aliphatic heterocycles. The van der Waals surface area contributed by atoms with Crippen LogP contribution in [-0.2, 0) is 4.79 Å². The molecule has 1 amide bonds. The molecule has 0 fully saturated rings. The number of nitrogens with zero attached hydrogens (tertiary/aromatic N) is 2. The summed E-state index contributed by atoms with van der Waals surface area (Å²) in [4.78, 5) is 20.7. The fraction of sp³-hybridized carbons (Fsp3) is 0.267. The summed E-state index contributed by atoms with van der Waals surface area (Å²) in [5, 5.41) is 3.40. The molecule has 110 valence electrons. The Morgan fingerprint density at radius 3 is 2.43 bits per heavy atom. The number of para-hydroxylation sites is 2. The van der Waals surface area contributed by atoms with Gasteiger partial charge in [-0.3, -0.25) is 4.79 Å². The molecule has 0 atom stereocenters. The minimum absolute atomic E-state index is 0.127. The molecule has 2 aromatic rings. The first kappa shape index (κ1) is 15.3. The highest BCUT2D eigenvalue weighted by atomic mass is 32.2. The Kier molecular flexibility index (Phi) is 4.80. The Bertz CT molecular complexity index is 649. The van der Waals surface area contributed by atoms with Crippen molar-refractivity contribution < 1.29 is 4.79 Å². The number of nitrogens with one attached hydrogen (secondary N) is 1. The Hall–Kier alpha value is -2.08. The first-order chi connectivity index (χ1) is 9.97. The van der Waals surface area contributed by atoms with E-state index in [0.717, 1.165) is 17.0 Å². The van der Waals surface area contributed by atoms with Gasteiger partial charge in [0.2, 0.25) is 5.91 Å². The van der Waals surface area contributed by atoms with Crippen LogP contribution in [0.15, 0.2) is 29.4 Å². The molecule has 0 aliphatic carbocycles. The molecule has 0 radical (unpaired) electrons. The molecule has 0 bridgehead atoms. The molecule has 0 spiro atoms. The third kappa shape index (κ3) is 3.95. The Morgan fingerprint density at radius 1 is 1.19 bits per heavy atom. The van der Waals surface area contributed by atoms with Crippen molar-refractivity contribution in [1.82, 2.24) is 9.97 Å². The van der Waals surface area contributed by atoms with Crippen LogP contribution in [0, 0.1) is 20.8 Å². The predicted octanol–water partition coefficient (Wildman–Crippen LogP) is 2.71. The summed E-state index contributed by atoms with van der Waals surface area (Å²) in [6.07, 6.45) is 0. The van der Waals surface area contributed by atoms with E-state index < -0.39 is 0 Å². The molecular formula is C15H18N4OS. The van der Waals surface area contributed by atoms with Gasteiger partial charge in [0, 0.05) is 11.4 Å². The van der Waals surface area contributed by atoms with Crippen molar-refractivity contribution in [2.75, 3.05) is 16.8 Å². The minimum Gasteiger partial charge on any atom is -0.397 e. The molecule has 0 saturated heterocycles. The van der Waals surface area contributed by atoms with Gasteiger partial charge < -0.3 is 11.1 Å². The summed E-state index contributed by atoms with van der Waals surface area (Å²) in [6, 6.07) is 7.17. The van der Waals surface area contributed by atoms with Crippen LogP contribution >= 0.6 is 11.8 Å². The lowest BCUT2D eigenvalue weighted by Gasteiger charge is -2.08. The first-order valence-corrected chi connectivity index (χ1v) is 7.55. The van der Waals surface area contributed by atoms with E-state index in [1.807, 2.05) is 32.9 Å². The number of nitrogen functional groups attached to an aromatic ring is 1. The molecular weight excluding hydrogens is 284 g/mol. The van der Waals surface area contributed by atoms with Crippen molar-refractivity contribution in [3.63, 3.8) is 0 Å². The van der Waals surface area contributed by atoms with Gasteiger partial charge in [0.15, 0.2) is 5.16 Å². The molecule has 1 aromatic heterocycles. The van der Waals surface area contributed by atoms with Gasteiger partial charge in [0.05, 0.1) is 17.1 Å². The van der Waals surface area contributed by atoms with Gasteiger partial charge in [0.25, 0.3) is 0 Å². The first-order valence-electron chi connectivity index (χ1n) is 6.56. The zero-order valence-corrected chi connectivity index (χ0v) is 13.1. The SMILES string of the molecule is Cc1nc(SCC(=O)Nc2ccccc2N)nc(C)c1C. The van der Waals surface area contributed by atoms with E-state index in [4.69, 9.17) is 5.73 Å². The van der Waals surface area contributed by atoms with Crippen molar-refractivity contribution in [3.8, 4) is 0 Å². The Balaban J connectivity index is 1.97. The number of carbonyl (C=O) groups is 1. The molecule has 1 aromatic carbocycles. The standard InChI is InChI=1S/C15H18N4OS/c1-9-10(2)17-15(18-11(9)3)21-8-14(20)19-13-7-5-4-6-12(13)16/h4-7H,8,16H2,1-3H3,(H,19,20). The summed E-state index contributed by atoms with van der Waals surface area (Å²) in [5.74, 6) is 0.119. The summed E-state index contributed by atoms with van der Waals surface area (Å²) in [6.45, 7) is 5.88. The zero-order valence-electron chi connectivity index (χ0n) is 12.3. The van der Waals surface area contributed by atoms with Crippen molar-refractivity contribution in [2.24, 2.45) is 0 Å². The summed E-state index contributed by atoms with van der Waals surface area (Å²) in [7, 11) is 0. The van der Waals surface area contributed by atoms with Gasteiger partial charge in [0.1, 0.15) is 0 Å². The number of anilines is 2. The minimum atomic E-state index is -0.127. The second-order valence-electron chi connectivity index (χ2n) is 4.73. The highest BCUT2D eigenvalue weighted by Crippen LogP contribution is 2.19. The van der Waals surface area contributed by atoms with Gasteiger partial charge >= 0.3 is 0 Å². The number of aromatic nitrogens is 2. The number of nitrogens with two attached hydrogens (primary N) is 1. The fourth-order valence-electron chi connectivity index (χ4n) is 1.73. The van der Waals surface area contributed by atoms with E-state index >= 15 is 0 Å². The maximum absolute atomic E-state index is 11.9. The van der Waals surface area contributed by atoms with Crippen LogP contribution in [0.4, 0.5) is 11.4 Å².